The van der Waals surface area contributed by atoms with Gasteiger partial charge < -0.3 is 19.9 Å². The van der Waals surface area contributed by atoms with Gasteiger partial charge in [-0.2, -0.15) is 0 Å². The van der Waals surface area contributed by atoms with Gasteiger partial charge in [0.1, 0.15) is 6.61 Å². The third-order valence-corrected chi connectivity index (χ3v) is 4.86. The van der Waals surface area contributed by atoms with E-state index in [1.807, 2.05) is 54.3 Å². The molecule has 1 heterocycles. The molecule has 0 aromatic heterocycles. The third-order valence-electron chi connectivity index (χ3n) is 4.86. The van der Waals surface area contributed by atoms with Crippen LogP contribution in [0.5, 0.6) is 0 Å². The Morgan fingerprint density at radius 2 is 1.75 bits per heavy atom. The highest BCUT2D eigenvalue weighted by Crippen LogP contribution is 2.20. The maximum Gasteiger partial charge on any atom is 0.250 e. The van der Waals surface area contributed by atoms with E-state index in [1.165, 1.54) is 12.7 Å². The van der Waals surface area contributed by atoms with E-state index in [1.54, 1.807) is 0 Å². The Bertz CT molecular complexity index is 812. The zero-order valence-corrected chi connectivity index (χ0v) is 16.5. The molecule has 28 heavy (non-hydrogen) atoms. The van der Waals surface area contributed by atoms with Gasteiger partial charge in [-0.3, -0.25) is 9.59 Å². The number of carbonyl (C=O) groups is 2. The molecule has 0 atom stereocenters. The molecule has 0 saturated carbocycles. The van der Waals surface area contributed by atoms with E-state index in [0.29, 0.717) is 6.42 Å². The molecule has 2 aromatic rings. The highest BCUT2D eigenvalue weighted by molar-refractivity contribution is 5.91. The first-order valence-electron chi connectivity index (χ1n) is 9.52. The normalized spacial score (nSPS) is 14.1. The van der Waals surface area contributed by atoms with Crippen LogP contribution in [0.4, 0.5) is 11.4 Å². The van der Waals surface area contributed by atoms with Crippen molar-refractivity contribution in [1.82, 2.24) is 4.90 Å². The van der Waals surface area contributed by atoms with Gasteiger partial charge in [0, 0.05) is 44.7 Å². The van der Waals surface area contributed by atoms with Crippen LogP contribution in [0.1, 0.15) is 11.1 Å². The summed E-state index contributed by atoms with van der Waals surface area (Å²) in [5.74, 6) is 0.0115. The lowest BCUT2D eigenvalue weighted by Crippen LogP contribution is -2.49. The van der Waals surface area contributed by atoms with Crippen LogP contribution in [0.15, 0.2) is 48.5 Å². The summed E-state index contributed by atoms with van der Waals surface area (Å²) in [7, 11) is 1.49. The molecule has 0 unspecified atom stereocenters. The van der Waals surface area contributed by atoms with E-state index in [0.717, 1.165) is 43.1 Å². The second kappa shape index (κ2) is 9.37. The lowest BCUT2D eigenvalue weighted by atomic mass is 10.1. The van der Waals surface area contributed by atoms with Crippen LogP contribution in [0.25, 0.3) is 0 Å². The molecular formula is C22H27N3O3. The van der Waals surface area contributed by atoms with Crippen LogP contribution in [0.2, 0.25) is 0 Å². The molecule has 1 aliphatic rings. The van der Waals surface area contributed by atoms with Crippen LogP contribution in [-0.4, -0.2) is 56.6 Å². The average molecular weight is 381 g/mol. The Morgan fingerprint density at radius 1 is 1.04 bits per heavy atom. The highest BCUT2D eigenvalue weighted by Gasteiger charge is 2.21. The zero-order valence-electron chi connectivity index (χ0n) is 16.5. The largest absolute Gasteiger partial charge is 0.375 e. The van der Waals surface area contributed by atoms with E-state index >= 15 is 0 Å². The average Bonchev–Trinajstić information content (AvgIpc) is 2.69. The molecule has 148 valence electrons. The first-order chi connectivity index (χ1) is 13.5. The fraction of sp³-hybridized carbons (Fsp3) is 0.364. The van der Waals surface area contributed by atoms with E-state index in [2.05, 4.69) is 16.3 Å². The smallest absolute Gasteiger partial charge is 0.250 e. The van der Waals surface area contributed by atoms with Gasteiger partial charge >= 0.3 is 0 Å². The van der Waals surface area contributed by atoms with Crippen molar-refractivity contribution < 1.29 is 14.3 Å². The number of hydrogen-bond acceptors (Lipinski definition) is 4. The van der Waals surface area contributed by atoms with Crippen molar-refractivity contribution in [3.63, 3.8) is 0 Å². The number of rotatable bonds is 6. The predicted molar refractivity (Wildman–Crippen MR) is 111 cm³/mol. The number of nitrogens with one attached hydrogen (secondary N) is 1. The van der Waals surface area contributed by atoms with Gasteiger partial charge in [0.25, 0.3) is 0 Å². The van der Waals surface area contributed by atoms with Gasteiger partial charge in [-0.1, -0.05) is 29.8 Å². The number of aryl methyl sites for hydroxylation is 1. The van der Waals surface area contributed by atoms with Gasteiger partial charge in [-0.05, 0) is 36.8 Å². The molecule has 2 aromatic carbocycles. The second-order valence-corrected chi connectivity index (χ2v) is 7.06. The minimum Gasteiger partial charge on any atom is -0.375 e. The molecule has 1 fully saturated rings. The van der Waals surface area contributed by atoms with Crippen molar-refractivity contribution >= 4 is 23.2 Å². The minimum atomic E-state index is -0.170. The number of ether oxygens (including phenoxy) is 1. The lowest BCUT2D eigenvalue weighted by Gasteiger charge is -2.36. The van der Waals surface area contributed by atoms with E-state index in [4.69, 9.17) is 4.74 Å². The van der Waals surface area contributed by atoms with Crippen molar-refractivity contribution in [3.05, 3.63) is 59.7 Å². The van der Waals surface area contributed by atoms with Crippen LogP contribution in [0, 0.1) is 6.92 Å². The van der Waals surface area contributed by atoms with Crippen molar-refractivity contribution in [2.75, 3.05) is 50.1 Å². The number of methoxy groups -OCH3 is 1. The maximum absolute atomic E-state index is 12.6. The van der Waals surface area contributed by atoms with E-state index < -0.39 is 0 Å². The summed E-state index contributed by atoms with van der Waals surface area (Å²) < 4.78 is 4.81. The Morgan fingerprint density at radius 3 is 2.39 bits per heavy atom. The lowest BCUT2D eigenvalue weighted by molar-refractivity contribution is -0.130. The monoisotopic (exact) mass is 381 g/mol. The summed E-state index contributed by atoms with van der Waals surface area (Å²) in [5, 5.41) is 2.79. The van der Waals surface area contributed by atoms with Gasteiger partial charge in [-0.15, -0.1) is 0 Å². The summed E-state index contributed by atoms with van der Waals surface area (Å²) in [6.45, 7) is 5.12. The molecule has 0 radical (unpaired) electrons. The minimum absolute atomic E-state index is 0.0420. The number of hydrogen-bond donors (Lipinski definition) is 1. The Hall–Kier alpha value is -2.86. The molecule has 6 nitrogen and oxygen atoms in total. The molecule has 0 spiro atoms. The van der Waals surface area contributed by atoms with E-state index in [-0.39, 0.29) is 18.4 Å². The quantitative estimate of drug-likeness (QED) is 0.835. The second-order valence-electron chi connectivity index (χ2n) is 7.06. The SMILES string of the molecule is COCC(=O)Nc1ccc(N2CCN(C(=O)Cc3cccc(C)c3)CC2)cc1. The topological polar surface area (TPSA) is 61.9 Å². The molecular weight excluding hydrogens is 354 g/mol. The Balaban J connectivity index is 1.50. The van der Waals surface area contributed by atoms with Gasteiger partial charge in [0.15, 0.2) is 0 Å². The first-order valence-corrected chi connectivity index (χ1v) is 9.52. The molecule has 3 rings (SSSR count). The van der Waals surface area contributed by atoms with Gasteiger partial charge in [-0.25, -0.2) is 0 Å². The molecule has 2 amide bonds. The van der Waals surface area contributed by atoms with Gasteiger partial charge in [0.05, 0.1) is 6.42 Å². The van der Waals surface area contributed by atoms with Crippen LogP contribution >= 0.6 is 0 Å². The highest BCUT2D eigenvalue weighted by atomic mass is 16.5. The number of nitrogens with zero attached hydrogens (tertiary/aromatic N) is 2. The number of anilines is 2. The zero-order chi connectivity index (χ0) is 19.9. The summed E-state index contributed by atoms with van der Waals surface area (Å²) in [6.07, 6.45) is 0.456. The van der Waals surface area contributed by atoms with Crippen molar-refractivity contribution in [2.24, 2.45) is 0 Å². The number of benzene rings is 2. The Kier molecular flexibility index (Phi) is 6.66. The fourth-order valence-corrected chi connectivity index (χ4v) is 3.41. The van der Waals surface area contributed by atoms with E-state index in [9.17, 15) is 9.59 Å². The third kappa shape index (κ3) is 5.33. The molecule has 0 bridgehead atoms. The molecule has 1 N–H and O–H groups in total. The standard InChI is InChI=1S/C22H27N3O3/c1-17-4-3-5-18(14-17)15-22(27)25-12-10-24(11-13-25)20-8-6-19(7-9-20)23-21(26)16-28-2/h3-9,14H,10-13,15-16H2,1-2H3,(H,23,26). The number of piperazine rings is 1. The fourth-order valence-electron chi connectivity index (χ4n) is 3.41. The predicted octanol–water partition coefficient (Wildman–Crippen LogP) is 2.47. The summed E-state index contributed by atoms with van der Waals surface area (Å²) in [5.41, 5.74) is 4.09. The summed E-state index contributed by atoms with van der Waals surface area (Å²) >= 11 is 0. The van der Waals surface area contributed by atoms with Gasteiger partial charge in [0.2, 0.25) is 11.8 Å². The molecule has 6 heteroatoms. The van der Waals surface area contributed by atoms with Crippen LogP contribution in [0.3, 0.4) is 0 Å². The molecule has 0 aliphatic carbocycles. The van der Waals surface area contributed by atoms with Crippen LogP contribution in [-0.2, 0) is 20.7 Å². The molecule has 1 saturated heterocycles. The maximum atomic E-state index is 12.6. The Labute approximate surface area is 166 Å². The summed E-state index contributed by atoms with van der Waals surface area (Å²) in [6, 6.07) is 15.9. The number of carbonyl (C=O) groups excluding carboxylic acids is 2. The van der Waals surface area contributed by atoms with Crippen molar-refractivity contribution in [1.29, 1.82) is 0 Å². The first kappa shape index (κ1) is 19.9. The van der Waals surface area contributed by atoms with Crippen LogP contribution < -0.4 is 10.2 Å². The number of amides is 2. The summed E-state index contributed by atoms with van der Waals surface area (Å²) in [4.78, 5) is 28.3. The molecule has 1 aliphatic heterocycles. The van der Waals surface area contributed by atoms with Crippen molar-refractivity contribution in [2.45, 2.75) is 13.3 Å². The van der Waals surface area contributed by atoms with Crippen molar-refractivity contribution in [3.8, 4) is 0 Å².